The van der Waals surface area contributed by atoms with Crippen molar-refractivity contribution in [2.24, 2.45) is 0 Å². The summed E-state index contributed by atoms with van der Waals surface area (Å²) in [7, 11) is 0. The van der Waals surface area contributed by atoms with Gasteiger partial charge in [0, 0.05) is 18.1 Å². The molecule has 0 heterocycles. The van der Waals surface area contributed by atoms with Gasteiger partial charge in [-0.2, -0.15) is 0 Å². The van der Waals surface area contributed by atoms with Gasteiger partial charge in [0.25, 0.3) is 5.91 Å². The molecule has 0 radical (unpaired) electrons. The molecule has 1 aromatic carbocycles. The smallest absolute Gasteiger partial charge is 0.257 e. The Hall–Kier alpha value is -0.970. The van der Waals surface area contributed by atoms with Crippen LogP contribution >= 0.6 is 24.0 Å². The summed E-state index contributed by atoms with van der Waals surface area (Å²) in [6.45, 7) is 4.32. The summed E-state index contributed by atoms with van der Waals surface area (Å²) < 4.78 is 5.29. The Morgan fingerprint density at radius 1 is 1.28 bits per heavy atom. The standard InChI is InChI=1S/C12H17ClN2O2.ClH/c1-2-14-7-8-15-12(16)9-17-11-5-3-10(13)4-6-11;/h3-6,14H,2,7-9H2,1H3,(H,15,16);1H. The highest BCUT2D eigenvalue weighted by Crippen LogP contribution is 2.15. The lowest BCUT2D eigenvalue weighted by Gasteiger charge is -2.07. The Balaban J connectivity index is 0.00000289. The minimum Gasteiger partial charge on any atom is -0.484 e. The van der Waals surface area contributed by atoms with Gasteiger partial charge in [-0.15, -0.1) is 12.4 Å². The van der Waals surface area contributed by atoms with Crippen LogP contribution in [-0.2, 0) is 4.79 Å². The van der Waals surface area contributed by atoms with Gasteiger partial charge in [0.1, 0.15) is 5.75 Å². The Morgan fingerprint density at radius 2 is 1.94 bits per heavy atom. The Labute approximate surface area is 118 Å². The third-order valence-electron chi connectivity index (χ3n) is 2.06. The maximum atomic E-state index is 11.4. The van der Waals surface area contributed by atoms with E-state index in [4.69, 9.17) is 16.3 Å². The van der Waals surface area contributed by atoms with Crippen molar-refractivity contribution in [2.75, 3.05) is 26.2 Å². The molecular formula is C12H18Cl2N2O2. The summed E-state index contributed by atoms with van der Waals surface area (Å²) in [4.78, 5) is 11.4. The Kier molecular flexibility index (Phi) is 9.46. The quantitative estimate of drug-likeness (QED) is 0.755. The van der Waals surface area contributed by atoms with Crippen LogP contribution in [0.2, 0.25) is 5.02 Å². The number of hydrogen-bond donors (Lipinski definition) is 2. The number of amides is 1. The van der Waals surface area contributed by atoms with Crippen molar-refractivity contribution in [3.63, 3.8) is 0 Å². The van der Waals surface area contributed by atoms with Crippen molar-refractivity contribution in [3.8, 4) is 5.75 Å². The van der Waals surface area contributed by atoms with Crippen LogP contribution in [0.4, 0.5) is 0 Å². The lowest BCUT2D eigenvalue weighted by molar-refractivity contribution is -0.123. The van der Waals surface area contributed by atoms with E-state index in [1.54, 1.807) is 24.3 Å². The molecule has 0 atom stereocenters. The normalized spacial score (nSPS) is 9.44. The molecule has 4 nitrogen and oxygen atoms in total. The van der Waals surface area contributed by atoms with Crippen LogP contribution in [0.25, 0.3) is 0 Å². The molecule has 0 aliphatic heterocycles. The van der Waals surface area contributed by atoms with E-state index in [0.29, 0.717) is 17.3 Å². The fourth-order valence-corrected chi connectivity index (χ4v) is 1.32. The van der Waals surface area contributed by atoms with Gasteiger partial charge < -0.3 is 15.4 Å². The van der Waals surface area contributed by atoms with Gasteiger partial charge >= 0.3 is 0 Å². The number of ether oxygens (including phenoxy) is 1. The van der Waals surface area contributed by atoms with E-state index in [1.165, 1.54) is 0 Å². The molecular weight excluding hydrogens is 275 g/mol. The number of rotatable bonds is 7. The minimum atomic E-state index is -0.127. The van der Waals surface area contributed by atoms with Crippen molar-refractivity contribution in [2.45, 2.75) is 6.92 Å². The highest BCUT2D eigenvalue weighted by molar-refractivity contribution is 6.30. The summed E-state index contributed by atoms with van der Waals surface area (Å²) in [5, 5.41) is 6.51. The van der Waals surface area contributed by atoms with Crippen LogP contribution < -0.4 is 15.4 Å². The first-order valence-electron chi connectivity index (χ1n) is 5.58. The molecule has 0 aromatic heterocycles. The molecule has 0 aliphatic rings. The van der Waals surface area contributed by atoms with E-state index in [1.807, 2.05) is 6.92 Å². The summed E-state index contributed by atoms with van der Waals surface area (Å²) in [6, 6.07) is 6.91. The third kappa shape index (κ3) is 7.37. The van der Waals surface area contributed by atoms with Crippen LogP contribution in [0.1, 0.15) is 6.92 Å². The molecule has 18 heavy (non-hydrogen) atoms. The molecule has 6 heteroatoms. The number of carbonyl (C=O) groups excluding carboxylic acids is 1. The van der Waals surface area contributed by atoms with E-state index < -0.39 is 0 Å². The van der Waals surface area contributed by atoms with Crippen molar-refractivity contribution in [1.29, 1.82) is 0 Å². The zero-order chi connectivity index (χ0) is 12.5. The molecule has 0 bridgehead atoms. The Morgan fingerprint density at radius 3 is 2.56 bits per heavy atom. The number of carbonyl (C=O) groups is 1. The van der Waals surface area contributed by atoms with Crippen LogP contribution in [0, 0.1) is 0 Å². The molecule has 0 unspecified atom stereocenters. The molecule has 1 rings (SSSR count). The van der Waals surface area contributed by atoms with Gasteiger partial charge in [-0.05, 0) is 30.8 Å². The molecule has 0 aliphatic carbocycles. The van der Waals surface area contributed by atoms with E-state index >= 15 is 0 Å². The SMILES string of the molecule is CCNCCNC(=O)COc1ccc(Cl)cc1.Cl. The van der Waals surface area contributed by atoms with E-state index in [0.717, 1.165) is 13.1 Å². The topological polar surface area (TPSA) is 50.4 Å². The van der Waals surface area contributed by atoms with E-state index in [9.17, 15) is 4.79 Å². The lowest BCUT2D eigenvalue weighted by atomic mass is 10.3. The molecule has 0 saturated carbocycles. The maximum Gasteiger partial charge on any atom is 0.257 e. The van der Waals surface area contributed by atoms with Gasteiger partial charge in [0.2, 0.25) is 0 Å². The molecule has 1 amide bonds. The first kappa shape index (κ1) is 17.0. The van der Waals surface area contributed by atoms with Gasteiger partial charge in [0.05, 0.1) is 0 Å². The highest BCUT2D eigenvalue weighted by Gasteiger charge is 2.01. The molecule has 2 N–H and O–H groups in total. The second kappa shape index (κ2) is 10.00. The molecule has 0 fully saturated rings. The van der Waals surface area contributed by atoms with E-state index in [2.05, 4.69) is 10.6 Å². The molecule has 0 saturated heterocycles. The monoisotopic (exact) mass is 292 g/mol. The average molecular weight is 293 g/mol. The summed E-state index contributed by atoms with van der Waals surface area (Å²) in [5.74, 6) is 0.508. The zero-order valence-corrected chi connectivity index (χ0v) is 11.8. The fraction of sp³-hybridized carbons (Fsp3) is 0.417. The van der Waals surface area contributed by atoms with Crippen LogP contribution in [-0.4, -0.2) is 32.1 Å². The second-order valence-electron chi connectivity index (χ2n) is 3.45. The largest absolute Gasteiger partial charge is 0.484 e. The van der Waals surface area contributed by atoms with Gasteiger partial charge in [-0.3, -0.25) is 4.79 Å². The lowest BCUT2D eigenvalue weighted by Crippen LogP contribution is -2.34. The fourth-order valence-electron chi connectivity index (χ4n) is 1.20. The van der Waals surface area contributed by atoms with Crippen LogP contribution in [0.5, 0.6) is 5.75 Å². The Bertz CT molecular complexity index is 344. The van der Waals surface area contributed by atoms with Crippen molar-refractivity contribution >= 4 is 29.9 Å². The van der Waals surface area contributed by atoms with Crippen molar-refractivity contribution in [3.05, 3.63) is 29.3 Å². The molecule has 102 valence electrons. The highest BCUT2D eigenvalue weighted by atomic mass is 35.5. The summed E-state index contributed by atoms with van der Waals surface area (Å²) in [5.41, 5.74) is 0. The van der Waals surface area contributed by atoms with Gasteiger partial charge in [-0.1, -0.05) is 18.5 Å². The first-order chi connectivity index (χ1) is 8.22. The number of benzene rings is 1. The third-order valence-corrected chi connectivity index (χ3v) is 2.31. The predicted molar refractivity (Wildman–Crippen MR) is 75.7 cm³/mol. The zero-order valence-electron chi connectivity index (χ0n) is 10.2. The summed E-state index contributed by atoms with van der Waals surface area (Å²) in [6.07, 6.45) is 0. The van der Waals surface area contributed by atoms with Gasteiger partial charge in [-0.25, -0.2) is 0 Å². The molecule has 0 spiro atoms. The van der Waals surface area contributed by atoms with Gasteiger partial charge in [0.15, 0.2) is 6.61 Å². The van der Waals surface area contributed by atoms with Crippen molar-refractivity contribution < 1.29 is 9.53 Å². The van der Waals surface area contributed by atoms with Crippen LogP contribution in [0.3, 0.4) is 0 Å². The van der Waals surface area contributed by atoms with Crippen molar-refractivity contribution in [1.82, 2.24) is 10.6 Å². The number of halogens is 2. The van der Waals surface area contributed by atoms with Crippen LogP contribution in [0.15, 0.2) is 24.3 Å². The first-order valence-corrected chi connectivity index (χ1v) is 5.96. The maximum absolute atomic E-state index is 11.4. The summed E-state index contributed by atoms with van der Waals surface area (Å²) >= 11 is 5.73. The average Bonchev–Trinajstić information content (AvgIpc) is 2.34. The minimum absolute atomic E-state index is 0. The second-order valence-corrected chi connectivity index (χ2v) is 3.88. The predicted octanol–water partition coefficient (Wildman–Crippen LogP) is 1.87. The number of likely N-dealkylation sites (N-methyl/N-ethyl adjacent to an activating group) is 1. The van der Waals surface area contributed by atoms with E-state index in [-0.39, 0.29) is 24.9 Å². The molecule has 1 aromatic rings. The number of hydrogen-bond acceptors (Lipinski definition) is 3. The number of nitrogens with one attached hydrogen (secondary N) is 2.